The minimum Gasteiger partial charge on any atom is -0.504 e. The van der Waals surface area contributed by atoms with Crippen LogP contribution in [0.2, 0.25) is 0 Å². The number of likely N-dealkylation sites (tertiary alicyclic amines) is 1. The molecule has 3 aromatic rings. The van der Waals surface area contributed by atoms with Crippen molar-refractivity contribution in [2.75, 3.05) is 20.1 Å². The van der Waals surface area contributed by atoms with Gasteiger partial charge in [0, 0.05) is 31.3 Å². The van der Waals surface area contributed by atoms with Crippen LogP contribution < -0.4 is 9.47 Å². The number of phenols is 1. The predicted molar refractivity (Wildman–Crippen MR) is 165 cm³/mol. The van der Waals surface area contributed by atoms with Crippen LogP contribution in [0.15, 0.2) is 72.8 Å². The highest BCUT2D eigenvalue weighted by atomic mass is 19.4. The Bertz CT molecular complexity index is 1680. The summed E-state index contributed by atoms with van der Waals surface area (Å²) in [4.78, 5) is 17.7. The van der Waals surface area contributed by atoms with E-state index in [9.17, 15) is 28.2 Å². The first-order chi connectivity index (χ1) is 21.9. The van der Waals surface area contributed by atoms with Gasteiger partial charge in [-0.15, -0.1) is 13.2 Å². The first kappa shape index (κ1) is 30.6. The molecule has 46 heavy (non-hydrogen) atoms. The van der Waals surface area contributed by atoms with E-state index < -0.39 is 29.5 Å². The van der Waals surface area contributed by atoms with E-state index in [1.165, 1.54) is 35.9 Å². The molecule has 2 heterocycles. The molecule has 2 N–H and O–H groups in total. The summed E-state index contributed by atoms with van der Waals surface area (Å²) >= 11 is 0. The highest BCUT2D eigenvalue weighted by molar-refractivity contribution is 5.92. The van der Waals surface area contributed by atoms with Gasteiger partial charge in [0.05, 0.1) is 17.1 Å². The zero-order chi connectivity index (χ0) is 32.4. The van der Waals surface area contributed by atoms with Crippen LogP contribution in [-0.4, -0.2) is 76.2 Å². The van der Waals surface area contributed by atoms with Crippen LogP contribution in [0.25, 0.3) is 6.08 Å². The van der Waals surface area contributed by atoms with E-state index in [4.69, 9.17) is 4.74 Å². The van der Waals surface area contributed by atoms with Crippen molar-refractivity contribution in [1.82, 2.24) is 9.80 Å². The Morgan fingerprint density at radius 2 is 1.93 bits per heavy atom. The van der Waals surface area contributed by atoms with Gasteiger partial charge < -0.3 is 24.6 Å². The lowest BCUT2D eigenvalue weighted by molar-refractivity contribution is -0.274. The second-order valence-corrected chi connectivity index (χ2v) is 13.2. The van der Waals surface area contributed by atoms with E-state index in [-0.39, 0.29) is 29.4 Å². The number of alkyl halides is 3. The maximum absolute atomic E-state index is 13.6. The Balaban J connectivity index is 1.19. The topological polar surface area (TPSA) is 82.5 Å². The summed E-state index contributed by atoms with van der Waals surface area (Å²) in [5.74, 6) is -0.462. The molecule has 7 rings (SSSR count). The van der Waals surface area contributed by atoms with Crippen LogP contribution in [0.1, 0.15) is 42.0 Å². The van der Waals surface area contributed by atoms with E-state index in [0.29, 0.717) is 30.6 Å². The number of aromatic hydroxyl groups is 1. The van der Waals surface area contributed by atoms with Gasteiger partial charge in [-0.1, -0.05) is 55.5 Å². The van der Waals surface area contributed by atoms with Crippen molar-refractivity contribution in [1.29, 1.82) is 0 Å². The third kappa shape index (κ3) is 4.84. The Morgan fingerprint density at radius 3 is 2.70 bits per heavy atom. The Hall–Kier alpha value is -4.02. The Morgan fingerprint density at radius 1 is 1.15 bits per heavy atom. The molecule has 7 nitrogen and oxygen atoms in total. The summed E-state index contributed by atoms with van der Waals surface area (Å²) in [6.45, 7) is 3.56. The predicted octanol–water partition coefficient (Wildman–Crippen LogP) is 5.47. The van der Waals surface area contributed by atoms with Gasteiger partial charge in [-0.05, 0) is 79.1 Å². The first-order valence-corrected chi connectivity index (χ1v) is 15.7. The number of carbonyl (C=O) groups excluding carboxylic acids is 1. The Kier molecular flexibility index (Phi) is 7.36. The van der Waals surface area contributed by atoms with Crippen LogP contribution in [0.3, 0.4) is 0 Å². The van der Waals surface area contributed by atoms with Crippen molar-refractivity contribution in [3.63, 3.8) is 0 Å². The van der Waals surface area contributed by atoms with Crippen LogP contribution in [0.5, 0.6) is 17.2 Å². The largest absolute Gasteiger partial charge is 0.573 e. The van der Waals surface area contributed by atoms with Crippen LogP contribution >= 0.6 is 0 Å². The number of rotatable bonds is 7. The summed E-state index contributed by atoms with van der Waals surface area (Å²) in [5.41, 5.74) is 1.58. The molecule has 6 atom stereocenters. The zero-order valence-electron chi connectivity index (χ0n) is 25.7. The monoisotopic (exact) mass is 634 g/mol. The molecule has 1 spiro atoms. The van der Waals surface area contributed by atoms with Crippen molar-refractivity contribution in [3.05, 3.63) is 95.1 Å². The summed E-state index contributed by atoms with van der Waals surface area (Å²) in [7, 11) is 1.69. The molecular formula is C36H37F3N2O5. The van der Waals surface area contributed by atoms with E-state index >= 15 is 0 Å². The number of piperidine rings is 1. The van der Waals surface area contributed by atoms with Crippen LogP contribution in [0, 0.1) is 5.92 Å². The van der Waals surface area contributed by atoms with Crippen molar-refractivity contribution in [2.24, 2.45) is 5.92 Å². The smallest absolute Gasteiger partial charge is 0.504 e. The maximum Gasteiger partial charge on any atom is 0.573 e. The summed E-state index contributed by atoms with van der Waals surface area (Å²) in [6.07, 6.45) is -0.0850. The summed E-state index contributed by atoms with van der Waals surface area (Å²) in [6, 6.07) is 18.7. The summed E-state index contributed by atoms with van der Waals surface area (Å²) in [5, 5.41) is 23.9. The number of ether oxygens (including phenoxy) is 2. The van der Waals surface area contributed by atoms with Gasteiger partial charge in [-0.3, -0.25) is 9.69 Å². The van der Waals surface area contributed by atoms with Crippen molar-refractivity contribution in [2.45, 2.75) is 68.2 Å². The number of amides is 1. The number of benzene rings is 3. The average Bonchev–Trinajstić information content (AvgIpc) is 3.35. The minimum atomic E-state index is -4.82. The van der Waals surface area contributed by atoms with E-state index in [1.54, 1.807) is 24.1 Å². The molecule has 1 saturated carbocycles. The summed E-state index contributed by atoms with van der Waals surface area (Å²) < 4.78 is 48.8. The van der Waals surface area contributed by atoms with E-state index in [0.717, 1.165) is 30.6 Å². The number of nitrogens with zero attached hydrogens (tertiary/aromatic N) is 2. The first-order valence-electron chi connectivity index (χ1n) is 15.7. The number of hydrogen-bond donors (Lipinski definition) is 2. The lowest BCUT2D eigenvalue weighted by atomic mass is 9.46. The number of likely N-dealkylation sites (N-methyl/N-ethyl adjacent to an activating group) is 1. The van der Waals surface area contributed by atoms with Crippen molar-refractivity contribution >= 4 is 12.0 Å². The zero-order valence-corrected chi connectivity index (χ0v) is 25.7. The highest BCUT2D eigenvalue weighted by Crippen LogP contribution is 2.66. The fourth-order valence-corrected chi connectivity index (χ4v) is 8.90. The molecule has 1 amide bonds. The average molecular weight is 635 g/mol. The van der Waals surface area contributed by atoms with Crippen molar-refractivity contribution in [3.8, 4) is 17.2 Å². The van der Waals surface area contributed by atoms with E-state index in [1.807, 2.05) is 31.2 Å². The molecule has 3 aromatic carbocycles. The second-order valence-electron chi connectivity index (χ2n) is 13.2. The molecule has 4 aliphatic rings. The minimum absolute atomic E-state index is 0.0241. The fraction of sp³-hybridized carbons (Fsp3) is 0.417. The number of aliphatic hydroxyl groups is 1. The molecular weight excluding hydrogens is 597 g/mol. The van der Waals surface area contributed by atoms with Gasteiger partial charge in [0.1, 0.15) is 11.9 Å². The van der Waals surface area contributed by atoms with Gasteiger partial charge in [0.15, 0.2) is 11.5 Å². The van der Waals surface area contributed by atoms with Crippen molar-refractivity contribution < 1.29 is 37.7 Å². The van der Waals surface area contributed by atoms with Gasteiger partial charge >= 0.3 is 6.36 Å². The highest BCUT2D eigenvalue weighted by Gasteiger charge is 2.74. The van der Waals surface area contributed by atoms with Gasteiger partial charge in [-0.25, -0.2) is 0 Å². The molecule has 0 radical (unpaired) electrons. The van der Waals surface area contributed by atoms with Gasteiger partial charge in [0.2, 0.25) is 5.91 Å². The number of carbonyl (C=O) groups is 1. The third-order valence-corrected chi connectivity index (χ3v) is 10.7. The molecule has 2 aliphatic heterocycles. The number of phenolic OH excluding ortho intramolecular Hbond substituents is 1. The quantitative estimate of drug-likeness (QED) is 0.336. The molecule has 2 aliphatic carbocycles. The van der Waals surface area contributed by atoms with Crippen LogP contribution in [0.4, 0.5) is 13.2 Å². The normalized spacial score (nSPS) is 29.7. The SMILES string of the molecule is C[C@@H]1C[C@@]2(O)[C@H]3Cc4ccc(O)c5c4[C@@]2(CCN3CCc2ccccc2)[C@@H](O5)[C@@H]1N(C)C(=O)C=Cc1cccc(OC(F)(F)F)c1. The van der Waals surface area contributed by atoms with E-state index in [2.05, 4.69) is 21.8 Å². The fourth-order valence-electron chi connectivity index (χ4n) is 8.90. The molecule has 10 heteroatoms. The third-order valence-electron chi connectivity index (χ3n) is 10.7. The van der Waals surface area contributed by atoms with Gasteiger partial charge in [-0.2, -0.15) is 0 Å². The maximum atomic E-state index is 13.6. The number of hydrogen-bond acceptors (Lipinski definition) is 6. The van der Waals surface area contributed by atoms with Gasteiger partial charge in [0.25, 0.3) is 0 Å². The standard InChI is InChI=1S/C36H37F3N2O5/c1-22-21-35(44)28-20-25-12-13-27(42)32-30(25)34(35,16-18-41(28)17-15-23-7-4-3-5-8-23)33(45-32)31(22)40(2)29(43)14-11-24-9-6-10-26(19-24)46-36(37,38)39/h3-14,19,22,28,31,33,42,44H,15-18,20-21H2,1-2H3/t22-,28-,31-,33+,34+,35-/m1/s1. The molecule has 0 aromatic heterocycles. The molecule has 242 valence electrons. The second kappa shape index (κ2) is 11.1. The molecule has 2 fully saturated rings. The Labute approximate surface area is 265 Å². The molecule has 1 saturated heterocycles. The molecule has 2 bridgehead atoms. The van der Waals surface area contributed by atoms with Crippen LogP contribution in [-0.2, 0) is 23.1 Å². The lowest BCUT2D eigenvalue weighted by Gasteiger charge is -2.66. The molecule has 0 unspecified atom stereocenters. The number of halogens is 3. The lowest BCUT2D eigenvalue weighted by Crippen LogP contribution is -2.79.